The van der Waals surface area contributed by atoms with Crippen LogP contribution in [0, 0.1) is 0 Å². The Morgan fingerprint density at radius 2 is 1.56 bits per heavy atom. The zero-order valence-electron chi connectivity index (χ0n) is 8.76. The largest absolute Gasteiger partial charge is 0.293 e. The van der Waals surface area contributed by atoms with E-state index in [1.165, 1.54) is 0 Å². The van der Waals surface area contributed by atoms with Crippen molar-refractivity contribution in [3.05, 3.63) is 60.2 Å². The van der Waals surface area contributed by atoms with E-state index in [-0.39, 0.29) is 11.5 Å². The minimum Gasteiger partial charge on any atom is -0.293 e. The summed E-state index contributed by atoms with van der Waals surface area (Å²) in [4.78, 5) is 11.7. The van der Waals surface area contributed by atoms with E-state index < -0.39 is 0 Å². The van der Waals surface area contributed by atoms with Crippen LogP contribution in [0.1, 0.15) is 10.4 Å². The number of carbonyl (C=O) groups excluding carboxylic acids is 1. The first kappa shape index (κ1) is 11.0. The Morgan fingerprint density at radius 3 is 2.25 bits per heavy atom. The van der Waals surface area contributed by atoms with Crippen molar-refractivity contribution >= 4 is 18.4 Å². The van der Waals surface area contributed by atoms with Gasteiger partial charge in [0.05, 0.1) is 5.75 Å². The normalized spacial score (nSPS) is 10.1. The summed E-state index contributed by atoms with van der Waals surface area (Å²) in [6, 6.07) is 17.5. The molecule has 0 saturated carbocycles. The topological polar surface area (TPSA) is 17.1 Å². The molecule has 0 aliphatic heterocycles. The third-order valence-corrected chi connectivity index (χ3v) is 2.74. The number of carbonyl (C=O) groups is 1. The first-order valence-electron chi connectivity index (χ1n) is 5.11. The molecule has 2 rings (SSSR count). The van der Waals surface area contributed by atoms with E-state index in [0.717, 1.165) is 16.7 Å². The number of Topliss-reactive ketones (excluding diaryl/α,β-unsaturated/α-hetero) is 1. The van der Waals surface area contributed by atoms with Gasteiger partial charge in [0.25, 0.3) is 0 Å². The van der Waals surface area contributed by atoms with Crippen molar-refractivity contribution in [1.82, 2.24) is 0 Å². The molecule has 0 heterocycles. The zero-order chi connectivity index (χ0) is 11.4. The molecule has 0 amide bonds. The number of ketones is 1. The Morgan fingerprint density at radius 1 is 0.938 bits per heavy atom. The predicted octanol–water partition coefficient (Wildman–Crippen LogP) is 3.47. The van der Waals surface area contributed by atoms with Gasteiger partial charge in [-0.25, -0.2) is 0 Å². The third-order valence-electron chi connectivity index (χ3n) is 2.46. The van der Waals surface area contributed by atoms with Crippen molar-refractivity contribution in [3.8, 4) is 11.1 Å². The summed E-state index contributed by atoms with van der Waals surface area (Å²) in [5.41, 5.74) is 2.78. The van der Waals surface area contributed by atoms with Crippen LogP contribution in [0.2, 0.25) is 0 Å². The summed E-state index contributed by atoms with van der Waals surface area (Å²) < 4.78 is 0. The fraction of sp³-hybridized carbons (Fsp3) is 0.0714. The van der Waals surface area contributed by atoms with Crippen molar-refractivity contribution in [2.45, 2.75) is 0 Å². The fourth-order valence-corrected chi connectivity index (χ4v) is 1.85. The van der Waals surface area contributed by atoms with Gasteiger partial charge in [-0.3, -0.25) is 4.79 Å². The molecule has 2 aromatic carbocycles. The lowest BCUT2D eigenvalue weighted by Gasteiger charge is -2.07. The maximum atomic E-state index is 11.7. The molecule has 0 spiro atoms. The van der Waals surface area contributed by atoms with Crippen LogP contribution >= 0.6 is 12.6 Å². The van der Waals surface area contributed by atoms with E-state index in [1.54, 1.807) is 0 Å². The molecule has 0 saturated heterocycles. The molecule has 2 heteroatoms. The van der Waals surface area contributed by atoms with Crippen molar-refractivity contribution in [2.75, 3.05) is 5.75 Å². The average molecular weight is 228 g/mol. The molecule has 0 N–H and O–H groups in total. The molecular weight excluding hydrogens is 216 g/mol. The van der Waals surface area contributed by atoms with E-state index in [1.807, 2.05) is 54.6 Å². The Balaban J connectivity index is 2.53. The Hall–Kier alpha value is -1.54. The third kappa shape index (κ3) is 2.17. The SMILES string of the molecule is O=C(CS)c1ccccc1-c1ccccc1. The van der Waals surface area contributed by atoms with Gasteiger partial charge in [0, 0.05) is 5.56 Å². The van der Waals surface area contributed by atoms with Crippen LogP contribution in [0.15, 0.2) is 54.6 Å². The second-order valence-electron chi connectivity index (χ2n) is 3.49. The van der Waals surface area contributed by atoms with E-state index >= 15 is 0 Å². The molecule has 0 atom stereocenters. The van der Waals surface area contributed by atoms with Crippen LogP contribution in [0.25, 0.3) is 11.1 Å². The monoisotopic (exact) mass is 228 g/mol. The number of thiol groups is 1. The standard InChI is InChI=1S/C14H12OS/c15-14(10-16)13-9-5-4-8-12(13)11-6-2-1-3-7-11/h1-9,16H,10H2. The van der Waals surface area contributed by atoms with Gasteiger partial charge in [0.2, 0.25) is 0 Å². The molecule has 1 nitrogen and oxygen atoms in total. The lowest BCUT2D eigenvalue weighted by Crippen LogP contribution is -2.02. The molecule has 0 aromatic heterocycles. The number of hydrogen-bond acceptors (Lipinski definition) is 2. The summed E-state index contributed by atoms with van der Waals surface area (Å²) in [6.45, 7) is 0. The number of benzene rings is 2. The molecule has 80 valence electrons. The lowest BCUT2D eigenvalue weighted by atomic mass is 9.98. The first-order chi connectivity index (χ1) is 7.83. The van der Waals surface area contributed by atoms with Crippen LogP contribution in [0.5, 0.6) is 0 Å². The number of hydrogen-bond donors (Lipinski definition) is 1. The molecule has 2 aromatic rings. The highest BCUT2D eigenvalue weighted by Gasteiger charge is 2.09. The highest BCUT2D eigenvalue weighted by Crippen LogP contribution is 2.23. The molecule has 0 aliphatic rings. The minimum absolute atomic E-state index is 0.0581. The molecule has 0 aliphatic carbocycles. The molecule has 0 fully saturated rings. The van der Waals surface area contributed by atoms with Gasteiger partial charge in [-0.05, 0) is 11.1 Å². The Labute approximate surface area is 101 Å². The van der Waals surface area contributed by atoms with Crippen LogP contribution in [0.4, 0.5) is 0 Å². The van der Waals surface area contributed by atoms with Crippen LogP contribution in [-0.2, 0) is 0 Å². The number of rotatable bonds is 3. The van der Waals surface area contributed by atoms with Gasteiger partial charge in [0.1, 0.15) is 0 Å². The smallest absolute Gasteiger partial charge is 0.173 e. The first-order valence-corrected chi connectivity index (χ1v) is 5.74. The van der Waals surface area contributed by atoms with Gasteiger partial charge >= 0.3 is 0 Å². The van der Waals surface area contributed by atoms with Crippen molar-refractivity contribution in [3.63, 3.8) is 0 Å². The van der Waals surface area contributed by atoms with E-state index in [9.17, 15) is 4.79 Å². The van der Waals surface area contributed by atoms with Crippen molar-refractivity contribution in [2.24, 2.45) is 0 Å². The van der Waals surface area contributed by atoms with Gasteiger partial charge in [-0.15, -0.1) is 0 Å². The quantitative estimate of drug-likeness (QED) is 0.629. The molecule has 16 heavy (non-hydrogen) atoms. The summed E-state index contributed by atoms with van der Waals surface area (Å²) in [6.07, 6.45) is 0. The maximum absolute atomic E-state index is 11.7. The summed E-state index contributed by atoms with van der Waals surface area (Å²) in [5, 5.41) is 0. The van der Waals surface area contributed by atoms with Gasteiger partial charge in [-0.1, -0.05) is 54.6 Å². The summed E-state index contributed by atoms with van der Waals surface area (Å²) in [5.74, 6) is 0.298. The summed E-state index contributed by atoms with van der Waals surface area (Å²) >= 11 is 4.04. The van der Waals surface area contributed by atoms with E-state index in [2.05, 4.69) is 12.6 Å². The Kier molecular flexibility index (Phi) is 3.42. The lowest BCUT2D eigenvalue weighted by molar-refractivity contribution is 0.102. The van der Waals surface area contributed by atoms with Gasteiger partial charge < -0.3 is 0 Å². The molecule has 0 radical (unpaired) electrons. The fourth-order valence-electron chi connectivity index (χ4n) is 1.68. The van der Waals surface area contributed by atoms with Crippen LogP contribution in [0.3, 0.4) is 0 Å². The highest BCUT2D eigenvalue weighted by molar-refractivity contribution is 7.81. The van der Waals surface area contributed by atoms with Crippen LogP contribution in [-0.4, -0.2) is 11.5 Å². The van der Waals surface area contributed by atoms with E-state index in [0.29, 0.717) is 0 Å². The van der Waals surface area contributed by atoms with E-state index in [4.69, 9.17) is 0 Å². The Bertz CT molecular complexity index is 491. The second kappa shape index (κ2) is 4.99. The molecular formula is C14H12OS. The van der Waals surface area contributed by atoms with Crippen molar-refractivity contribution in [1.29, 1.82) is 0 Å². The van der Waals surface area contributed by atoms with Crippen molar-refractivity contribution < 1.29 is 4.79 Å². The summed E-state index contributed by atoms with van der Waals surface area (Å²) in [7, 11) is 0. The zero-order valence-corrected chi connectivity index (χ0v) is 9.65. The maximum Gasteiger partial charge on any atom is 0.173 e. The molecule has 0 unspecified atom stereocenters. The molecule has 0 bridgehead atoms. The van der Waals surface area contributed by atoms with Crippen LogP contribution < -0.4 is 0 Å². The minimum atomic E-state index is 0.0581. The average Bonchev–Trinajstić information content (AvgIpc) is 2.39. The van der Waals surface area contributed by atoms with Gasteiger partial charge in [0.15, 0.2) is 5.78 Å². The predicted molar refractivity (Wildman–Crippen MR) is 70.1 cm³/mol. The van der Waals surface area contributed by atoms with Gasteiger partial charge in [-0.2, -0.15) is 12.6 Å². The second-order valence-corrected chi connectivity index (χ2v) is 3.81. The highest BCUT2D eigenvalue weighted by atomic mass is 32.1.